The number of carbonyl (C=O) groups is 1. The van der Waals surface area contributed by atoms with E-state index in [4.69, 9.17) is 0 Å². The number of hydrogen-bond donors (Lipinski definition) is 0. The Kier molecular flexibility index (Phi) is 2.99. The van der Waals surface area contributed by atoms with Gasteiger partial charge in [0, 0.05) is 19.0 Å². The molecule has 1 heterocycles. The minimum atomic E-state index is 0.194. The predicted molar refractivity (Wildman–Crippen MR) is 54.5 cm³/mol. The minimum absolute atomic E-state index is 0.194. The molecule has 0 aromatic carbocycles. The van der Waals surface area contributed by atoms with Gasteiger partial charge < -0.3 is 4.90 Å². The van der Waals surface area contributed by atoms with Crippen molar-refractivity contribution >= 4 is 5.91 Å². The monoisotopic (exact) mass is 183 g/mol. The van der Waals surface area contributed by atoms with Crippen LogP contribution in [0.2, 0.25) is 0 Å². The highest BCUT2D eigenvalue weighted by atomic mass is 16.2. The fraction of sp³-hybridized carbons (Fsp3) is 0.909. The third kappa shape index (κ3) is 2.45. The number of likely N-dealkylation sites (tertiary alicyclic amines) is 1. The normalized spacial score (nSPS) is 23.7. The highest BCUT2D eigenvalue weighted by Crippen LogP contribution is 2.31. The van der Waals surface area contributed by atoms with E-state index in [0.29, 0.717) is 11.9 Å². The van der Waals surface area contributed by atoms with Crippen LogP contribution in [0.15, 0.2) is 0 Å². The first-order valence-electron chi connectivity index (χ1n) is 5.26. The second-order valence-electron chi connectivity index (χ2n) is 5.00. The molecular formula is C11H21NO. The van der Waals surface area contributed by atoms with Crippen molar-refractivity contribution < 1.29 is 4.79 Å². The average Bonchev–Trinajstić information content (AvgIpc) is 2.25. The van der Waals surface area contributed by atoms with Crippen LogP contribution in [0.5, 0.6) is 0 Å². The Hall–Kier alpha value is -0.530. The lowest BCUT2D eigenvalue weighted by atomic mass is 9.93. The van der Waals surface area contributed by atoms with Gasteiger partial charge in [-0.25, -0.2) is 0 Å². The van der Waals surface area contributed by atoms with Crippen LogP contribution in [-0.2, 0) is 4.79 Å². The first kappa shape index (κ1) is 10.6. The Morgan fingerprint density at radius 3 is 2.54 bits per heavy atom. The smallest absolute Gasteiger partial charge is 0.223 e. The maximum absolute atomic E-state index is 11.6. The van der Waals surface area contributed by atoms with Crippen molar-refractivity contribution in [3.8, 4) is 0 Å². The highest BCUT2D eigenvalue weighted by Gasteiger charge is 2.37. The van der Waals surface area contributed by atoms with Gasteiger partial charge in [-0.2, -0.15) is 0 Å². The summed E-state index contributed by atoms with van der Waals surface area (Å²) in [5.74, 6) is 0.339. The Labute approximate surface area is 81.3 Å². The lowest BCUT2D eigenvalue weighted by molar-refractivity contribution is -0.129. The molecular weight excluding hydrogens is 162 g/mol. The van der Waals surface area contributed by atoms with Crippen LogP contribution < -0.4 is 0 Å². The first-order valence-corrected chi connectivity index (χ1v) is 5.26. The van der Waals surface area contributed by atoms with E-state index in [-0.39, 0.29) is 5.41 Å². The number of rotatable bonds is 3. The molecule has 2 heteroatoms. The molecule has 1 saturated heterocycles. The highest BCUT2D eigenvalue weighted by molar-refractivity contribution is 5.79. The molecule has 1 atom stereocenters. The molecule has 2 nitrogen and oxygen atoms in total. The second-order valence-corrected chi connectivity index (χ2v) is 5.00. The summed E-state index contributed by atoms with van der Waals surface area (Å²) in [6, 6.07) is 0.430. The van der Waals surface area contributed by atoms with Crippen LogP contribution in [0.3, 0.4) is 0 Å². The quantitative estimate of drug-likeness (QED) is 0.658. The molecule has 1 unspecified atom stereocenters. The van der Waals surface area contributed by atoms with E-state index in [1.807, 2.05) is 4.90 Å². The largest absolute Gasteiger partial charge is 0.339 e. The predicted octanol–water partition coefficient (Wildman–Crippen LogP) is 2.43. The summed E-state index contributed by atoms with van der Waals surface area (Å²) in [4.78, 5) is 13.7. The molecule has 13 heavy (non-hydrogen) atoms. The van der Waals surface area contributed by atoms with Crippen molar-refractivity contribution in [3.63, 3.8) is 0 Å². The van der Waals surface area contributed by atoms with Crippen molar-refractivity contribution in [3.05, 3.63) is 0 Å². The van der Waals surface area contributed by atoms with Crippen molar-refractivity contribution in [1.29, 1.82) is 0 Å². The van der Waals surface area contributed by atoms with Gasteiger partial charge in [-0.05, 0) is 18.8 Å². The molecule has 0 bridgehead atoms. The van der Waals surface area contributed by atoms with Crippen LogP contribution in [0.1, 0.15) is 47.0 Å². The zero-order valence-electron chi connectivity index (χ0n) is 9.26. The van der Waals surface area contributed by atoms with Gasteiger partial charge in [-0.1, -0.05) is 27.2 Å². The van der Waals surface area contributed by atoms with E-state index in [1.165, 1.54) is 0 Å². The summed E-state index contributed by atoms with van der Waals surface area (Å²) < 4.78 is 0. The maximum atomic E-state index is 11.6. The van der Waals surface area contributed by atoms with Crippen LogP contribution in [0.25, 0.3) is 0 Å². The molecule has 0 aromatic rings. The molecule has 0 saturated carbocycles. The number of nitrogens with zero attached hydrogens (tertiary/aromatic N) is 1. The van der Waals surface area contributed by atoms with Crippen LogP contribution in [-0.4, -0.2) is 23.4 Å². The van der Waals surface area contributed by atoms with Gasteiger partial charge in [0.25, 0.3) is 0 Å². The van der Waals surface area contributed by atoms with Crippen molar-refractivity contribution in [2.75, 3.05) is 6.54 Å². The number of carbonyl (C=O) groups excluding carboxylic acids is 1. The molecule has 0 aromatic heterocycles. The zero-order valence-corrected chi connectivity index (χ0v) is 9.26. The molecule has 1 rings (SSSR count). The van der Waals surface area contributed by atoms with E-state index in [9.17, 15) is 4.79 Å². The van der Waals surface area contributed by atoms with Crippen LogP contribution in [0.4, 0.5) is 0 Å². The van der Waals surface area contributed by atoms with E-state index >= 15 is 0 Å². The molecule has 0 spiro atoms. The Balaban J connectivity index is 2.57. The summed E-state index contributed by atoms with van der Waals surface area (Å²) in [7, 11) is 0. The van der Waals surface area contributed by atoms with Crippen molar-refractivity contribution in [2.45, 2.75) is 53.0 Å². The van der Waals surface area contributed by atoms with E-state index < -0.39 is 0 Å². The van der Waals surface area contributed by atoms with Gasteiger partial charge >= 0.3 is 0 Å². The average molecular weight is 183 g/mol. The van der Waals surface area contributed by atoms with E-state index in [0.717, 1.165) is 25.8 Å². The van der Waals surface area contributed by atoms with Gasteiger partial charge in [0.05, 0.1) is 0 Å². The summed E-state index contributed by atoms with van der Waals surface area (Å²) >= 11 is 0. The van der Waals surface area contributed by atoms with Gasteiger partial charge in [0.15, 0.2) is 0 Å². The maximum Gasteiger partial charge on any atom is 0.223 e. The minimum Gasteiger partial charge on any atom is -0.339 e. The molecule has 0 N–H and O–H groups in total. The third-order valence-electron chi connectivity index (χ3n) is 2.79. The van der Waals surface area contributed by atoms with Crippen LogP contribution in [0, 0.1) is 5.41 Å². The molecule has 1 fully saturated rings. The van der Waals surface area contributed by atoms with Crippen LogP contribution >= 0.6 is 0 Å². The van der Waals surface area contributed by atoms with Gasteiger partial charge in [0.1, 0.15) is 0 Å². The third-order valence-corrected chi connectivity index (χ3v) is 2.79. The lowest BCUT2D eigenvalue weighted by Gasteiger charge is -2.26. The fourth-order valence-electron chi connectivity index (χ4n) is 2.09. The number of hydrogen-bond acceptors (Lipinski definition) is 1. The van der Waals surface area contributed by atoms with Gasteiger partial charge in [0.2, 0.25) is 5.91 Å². The van der Waals surface area contributed by atoms with E-state index in [2.05, 4.69) is 27.7 Å². The Morgan fingerprint density at radius 2 is 2.15 bits per heavy atom. The molecule has 76 valence electrons. The Morgan fingerprint density at radius 1 is 1.54 bits per heavy atom. The molecule has 0 radical (unpaired) electrons. The molecule has 1 aliphatic rings. The SMILES string of the molecule is CCCC(C)N1CC(C)(C)CC1=O. The summed E-state index contributed by atoms with van der Waals surface area (Å²) in [6.07, 6.45) is 3.01. The molecule has 1 aliphatic heterocycles. The Bertz CT molecular complexity index is 198. The molecule has 0 aliphatic carbocycles. The molecule has 1 amide bonds. The first-order chi connectivity index (χ1) is 5.96. The van der Waals surface area contributed by atoms with Gasteiger partial charge in [-0.15, -0.1) is 0 Å². The lowest BCUT2D eigenvalue weighted by Crippen LogP contribution is -2.35. The zero-order chi connectivity index (χ0) is 10.1. The summed E-state index contributed by atoms with van der Waals surface area (Å²) in [5.41, 5.74) is 0.194. The topological polar surface area (TPSA) is 20.3 Å². The van der Waals surface area contributed by atoms with Gasteiger partial charge in [-0.3, -0.25) is 4.79 Å². The van der Waals surface area contributed by atoms with Crippen molar-refractivity contribution in [2.24, 2.45) is 5.41 Å². The van der Waals surface area contributed by atoms with Crippen molar-refractivity contribution in [1.82, 2.24) is 4.90 Å². The summed E-state index contributed by atoms with van der Waals surface area (Å²) in [5, 5.41) is 0. The fourth-order valence-corrected chi connectivity index (χ4v) is 2.09. The summed E-state index contributed by atoms with van der Waals surface area (Å²) in [6.45, 7) is 9.60. The van der Waals surface area contributed by atoms with E-state index in [1.54, 1.807) is 0 Å². The number of amides is 1. The standard InChI is InChI=1S/C11H21NO/c1-5-6-9(2)12-8-11(3,4)7-10(12)13/h9H,5-8H2,1-4H3. The second kappa shape index (κ2) is 3.69.